The first kappa shape index (κ1) is 17.3. The number of nitrogens with one attached hydrogen (secondary N) is 1. The molecule has 4 nitrogen and oxygen atoms in total. The summed E-state index contributed by atoms with van der Waals surface area (Å²) in [5.41, 5.74) is 3.01. The average Bonchev–Trinajstić information content (AvgIpc) is 3.32. The molecule has 136 valence electrons. The van der Waals surface area contributed by atoms with Crippen LogP contribution in [0.4, 0.5) is 0 Å². The summed E-state index contributed by atoms with van der Waals surface area (Å²) in [6, 6.07) is 18.7. The van der Waals surface area contributed by atoms with Crippen molar-refractivity contribution in [1.29, 1.82) is 0 Å². The lowest BCUT2D eigenvalue weighted by molar-refractivity contribution is 0.0697. The summed E-state index contributed by atoms with van der Waals surface area (Å²) in [5, 5.41) is 12.7. The van der Waals surface area contributed by atoms with Crippen LogP contribution in [0.2, 0.25) is 0 Å². The number of carbonyl (C=O) groups is 1. The highest BCUT2D eigenvalue weighted by atomic mass is 16.4. The van der Waals surface area contributed by atoms with Crippen LogP contribution >= 0.6 is 0 Å². The second-order valence-corrected chi connectivity index (χ2v) is 7.66. The van der Waals surface area contributed by atoms with E-state index in [1.807, 2.05) is 12.1 Å². The van der Waals surface area contributed by atoms with Gasteiger partial charge in [-0.2, -0.15) is 0 Å². The van der Waals surface area contributed by atoms with Gasteiger partial charge < -0.3 is 10.4 Å². The van der Waals surface area contributed by atoms with Crippen molar-refractivity contribution < 1.29 is 9.90 Å². The summed E-state index contributed by atoms with van der Waals surface area (Å²) < 4.78 is 0. The van der Waals surface area contributed by atoms with Crippen LogP contribution in [0.5, 0.6) is 0 Å². The molecule has 0 amide bonds. The maximum Gasteiger partial charge on any atom is 0.335 e. The Balaban J connectivity index is 1.20. The molecule has 1 saturated carbocycles. The van der Waals surface area contributed by atoms with Gasteiger partial charge in [-0.3, -0.25) is 4.90 Å². The largest absolute Gasteiger partial charge is 0.478 e. The smallest absolute Gasteiger partial charge is 0.335 e. The van der Waals surface area contributed by atoms with E-state index in [-0.39, 0.29) is 0 Å². The molecule has 2 aromatic carbocycles. The second-order valence-electron chi connectivity index (χ2n) is 7.66. The van der Waals surface area contributed by atoms with E-state index in [9.17, 15) is 4.79 Å². The predicted molar refractivity (Wildman–Crippen MR) is 102 cm³/mol. The summed E-state index contributed by atoms with van der Waals surface area (Å²) in [4.78, 5) is 13.4. The number of carboxylic acid groups (broad SMARTS) is 1. The van der Waals surface area contributed by atoms with Crippen LogP contribution in [-0.2, 0) is 6.54 Å². The van der Waals surface area contributed by atoms with E-state index in [1.54, 1.807) is 12.1 Å². The molecule has 1 unspecified atom stereocenters. The van der Waals surface area contributed by atoms with Gasteiger partial charge in [0.25, 0.3) is 0 Å². The maximum atomic E-state index is 10.9. The molecule has 1 aliphatic heterocycles. The van der Waals surface area contributed by atoms with Crippen LogP contribution < -0.4 is 5.32 Å². The molecule has 3 atom stereocenters. The van der Waals surface area contributed by atoms with Crippen molar-refractivity contribution in [3.63, 3.8) is 0 Å². The molecule has 0 radical (unpaired) electrons. The summed E-state index contributed by atoms with van der Waals surface area (Å²) in [5.74, 6) is 0.546. The molecule has 2 fully saturated rings. The zero-order chi connectivity index (χ0) is 17.9. The van der Waals surface area contributed by atoms with E-state index in [0.29, 0.717) is 23.4 Å². The van der Waals surface area contributed by atoms with Gasteiger partial charge in [-0.25, -0.2) is 4.79 Å². The van der Waals surface area contributed by atoms with Gasteiger partial charge >= 0.3 is 5.97 Å². The quantitative estimate of drug-likeness (QED) is 0.804. The maximum absolute atomic E-state index is 10.9. The third-order valence-corrected chi connectivity index (χ3v) is 5.66. The highest BCUT2D eigenvalue weighted by Crippen LogP contribution is 2.40. The van der Waals surface area contributed by atoms with Crippen LogP contribution in [-0.4, -0.2) is 41.7 Å². The van der Waals surface area contributed by atoms with Gasteiger partial charge in [0.05, 0.1) is 5.56 Å². The van der Waals surface area contributed by atoms with Crippen molar-refractivity contribution in [3.8, 4) is 0 Å². The Morgan fingerprint density at radius 3 is 2.62 bits per heavy atom. The van der Waals surface area contributed by atoms with Gasteiger partial charge in [0.1, 0.15) is 0 Å². The van der Waals surface area contributed by atoms with Gasteiger partial charge in [0.2, 0.25) is 0 Å². The molecule has 26 heavy (non-hydrogen) atoms. The van der Waals surface area contributed by atoms with Gasteiger partial charge in [-0.1, -0.05) is 42.5 Å². The molecule has 2 aromatic rings. The normalized spacial score (nSPS) is 25.3. The summed E-state index contributed by atoms with van der Waals surface area (Å²) in [6.07, 6.45) is 2.50. The molecule has 1 heterocycles. The van der Waals surface area contributed by atoms with Gasteiger partial charge in [0.15, 0.2) is 0 Å². The van der Waals surface area contributed by atoms with Crippen molar-refractivity contribution >= 4 is 5.97 Å². The summed E-state index contributed by atoms with van der Waals surface area (Å²) in [7, 11) is 0. The zero-order valence-electron chi connectivity index (χ0n) is 15.0. The third-order valence-electron chi connectivity index (χ3n) is 5.66. The topological polar surface area (TPSA) is 52.6 Å². The predicted octanol–water partition coefficient (Wildman–Crippen LogP) is 3.35. The van der Waals surface area contributed by atoms with Crippen LogP contribution in [0.1, 0.15) is 40.2 Å². The van der Waals surface area contributed by atoms with E-state index in [2.05, 4.69) is 40.5 Å². The molecule has 0 spiro atoms. The molecule has 4 rings (SSSR count). The Labute approximate surface area is 154 Å². The number of hydrogen-bond acceptors (Lipinski definition) is 3. The van der Waals surface area contributed by atoms with Crippen molar-refractivity contribution in [3.05, 3.63) is 71.3 Å². The third kappa shape index (κ3) is 4.14. The Kier molecular flexibility index (Phi) is 5.05. The number of carboxylic acids is 1. The SMILES string of the molecule is O=C(O)c1ccc(CN2CC[C@@H](CNC3C[C@H]3c3ccccc3)C2)cc1. The number of hydrogen-bond donors (Lipinski definition) is 2. The number of benzene rings is 2. The van der Waals surface area contributed by atoms with Crippen molar-refractivity contribution in [2.75, 3.05) is 19.6 Å². The molecule has 2 aliphatic rings. The fourth-order valence-electron chi connectivity index (χ4n) is 4.04. The average molecular weight is 350 g/mol. The number of aromatic carboxylic acids is 1. The lowest BCUT2D eigenvalue weighted by Crippen LogP contribution is -2.28. The molecule has 1 aliphatic carbocycles. The van der Waals surface area contributed by atoms with Crippen LogP contribution in [0, 0.1) is 5.92 Å². The monoisotopic (exact) mass is 350 g/mol. The van der Waals surface area contributed by atoms with E-state index in [0.717, 1.165) is 26.2 Å². The molecule has 1 saturated heterocycles. The van der Waals surface area contributed by atoms with E-state index < -0.39 is 5.97 Å². The Hall–Kier alpha value is -2.17. The lowest BCUT2D eigenvalue weighted by Gasteiger charge is -2.16. The minimum absolute atomic E-state index is 0.356. The van der Waals surface area contributed by atoms with Gasteiger partial charge in [0, 0.05) is 25.0 Å². The number of likely N-dealkylation sites (tertiary alicyclic amines) is 1. The lowest BCUT2D eigenvalue weighted by atomic mass is 10.1. The van der Waals surface area contributed by atoms with E-state index >= 15 is 0 Å². The van der Waals surface area contributed by atoms with Gasteiger partial charge in [-0.05, 0) is 55.1 Å². The molecular formula is C22H26N2O2. The standard InChI is InChI=1S/C22H26N2O2/c25-22(26)19-8-6-16(7-9-19)14-24-11-10-17(15-24)13-23-21-12-20(21)18-4-2-1-3-5-18/h1-9,17,20-21,23H,10-15H2,(H,25,26)/t17-,20-,21?/m0/s1. The summed E-state index contributed by atoms with van der Waals surface area (Å²) >= 11 is 0. The van der Waals surface area contributed by atoms with E-state index in [1.165, 1.54) is 24.0 Å². The minimum atomic E-state index is -0.863. The molecule has 2 N–H and O–H groups in total. The number of nitrogens with zero attached hydrogens (tertiary/aromatic N) is 1. The van der Waals surface area contributed by atoms with Crippen LogP contribution in [0.3, 0.4) is 0 Å². The van der Waals surface area contributed by atoms with Crippen LogP contribution in [0.15, 0.2) is 54.6 Å². The molecule has 0 bridgehead atoms. The molecule has 4 heteroatoms. The Morgan fingerprint density at radius 1 is 1.12 bits per heavy atom. The molecule has 0 aromatic heterocycles. The first-order valence-corrected chi connectivity index (χ1v) is 9.52. The zero-order valence-corrected chi connectivity index (χ0v) is 15.0. The fraction of sp³-hybridized carbons (Fsp3) is 0.409. The Bertz CT molecular complexity index is 744. The second kappa shape index (κ2) is 7.60. The van der Waals surface area contributed by atoms with Crippen LogP contribution in [0.25, 0.3) is 0 Å². The summed E-state index contributed by atoms with van der Waals surface area (Å²) in [6.45, 7) is 4.26. The highest BCUT2D eigenvalue weighted by Gasteiger charge is 2.38. The first-order valence-electron chi connectivity index (χ1n) is 9.52. The number of rotatable bonds is 7. The van der Waals surface area contributed by atoms with Crippen molar-refractivity contribution in [1.82, 2.24) is 10.2 Å². The van der Waals surface area contributed by atoms with Crippen molar-refractivity contribution in [2.24, 2.45) is 5.92 Å². The fourth-order valence-corrected chi connectivity index (χ4v) is 4.04. The van der Waals surface area contributed by atoms with Gasteiger partial charge in [-0.15, -0.1) is 0 Å². The minimum Gasteiger partial charge on any atom is -0.478 e. The van der Waals surface area contributed by atoms with E-state index in [4.69, 9.17) is 5.11 Å². The first-order chi connectivity index (χ1) is 12.7. The Morgan fingerprint density at radius 2 is 1.88 bits per heavy atom. The van der Waals surface area contributed by atoms with Crippen molar-refractivity contribution in [2.45, 2.75) is 31.3 Å². The highest BCUT2D eigenvalue weighted by molar-refractivity contribution is 5.87. The molecular weight excluding hydrogens is 324 g/mol.